The van der Waals surface area contributed by atoms with Gasteiger partial charge in [0, 0.05) is 30.7 Å². The fourth-order valence-corrected chi connectivity index (χ4v) is 4.97. The molecule has 2 aromatic heterocycles. The Morgan fingerprint density at radius 1 is 1.39 bits per heavy atom. The number of carbonyl (C=O) groups excluding carboxylic acids is 1. The van der Waals surface area contributed by atoms with E-state index in [1.54, 1.807) is 18.3 Å². The molecule has 2 saturated heterocycles. The molecule has 2 aromatic rings. The van der Waals surface area contributed by atoms with Crippen molar-refractivity contribution in [2.75, 3.05) is 31.1 Å². The van der Waals surface area contributed by atoms with Crippen LogP contribution in [0.5, 0.6) is 0 Å². The van der Waals surface area contributed by atoms with E-state index < -0.39 is 5.91 Å². The number of likely N-dealkylation sites (tertiary alicyclic amines) is 1. The SMILES string of the molecule is Cc1ccc(CN2CCC[C@@]3(CO)CN(c4ncccc4C(N)=O)CC[C@H]23)o1. The van der Waals surface area contributed by atoms with E-state index in [1.807, 2.05) is 19.1 Å². The molecule has 0 aliphatic carbocycles. The molecule has 3 N–H and O–H groups in total. The maximum Gasteiger partial charge on any atom is 0.252 e. The molecule has 2 aliphatic heterocycles. The number of aryl methyl sites for hydroxylation is 1. The summed E-state index contributed by atoms with van der Waals surface area (Å²) in [7, 11) is 0. The van der Waals surface area contributed by atoms with Crippen molar-refractivity contribution in [1.29, 1.82) is 0 Å². The summed E-state index contributed by atoms with van der Waals surface area (Å²) in [5.41, 5.74) is 5.75. The van der Waals surface area contributed by atoms with Gasteiger partial charge in [0.25, 0.3) is 5.91 Å². The van der Waals surface area contributed by atoms with E-state index in [2.05, 4.69) is 14.8 Å². The molecule has 2 atom stereocenters. The van der Waals surface area contributed by atoms with Crippen molar-refractivity contribution >= 4 is 11.7 Å². The van der Waals surface area contributed by atoms with E-state index in [-0.39, 0.29) is 18.1 Å². The van der Waals surface area contributed by atoms with Crippen LogP contribution in [0.3, 0.4) is 0 Å². The van der Waals surface area contributed by atoms with E-state index >= 15 is 0 Å². The van der Waals surface area contributed by atoms with Gasteiger partial charge in [-0.1, -0.05) is 0 Å². The molecule has 0 aromatic carbocycles. The first kappa shape index (κ1) is 19.0. The maximum atomic E-state index is 11.8. The van der Waals surface area contributed by atoms with Gasteiger partial charge in [-0.2, -0.15) is 0 Å². The van der Waals surface area contributed by atoms with Gasteiger partial charge in [-0.05, 0) is 57.0 Å². The quantitative estimate of drug-likeness (QED) is 0.818. The Hall–Kier alpha value is -2.38. The number of carbonyl (C=O) groups is 1. The Labute approximate surface area is 165 Å². The Balaban J connectivity index is 1.58. The number of amides is 1. The highest BCUT2D eigenvalue weighted by Gasteiger charge is 2.48. The molecule has 1 amide bonds. The highest BCUT2D eigenvalue weighted by Crippen LogP contribution is 2.43. The van der Waals surface area contributed by atoms with Crippen molar-refractivity contribution in [2.45, 2.75) is 38.8 Å². The number of hydrogen-bond acceptors (Lipinski definition) is 6. The molecule has 2 fully saturated rings. The predicted molar refractivity (Wildman–Crippen MR) is 106 cm³/mol. The number of nitrogens with zero attached hydrogens (tertiary/aromatic N) is 3. The molecule has 0 unspecified atom stereocenters. The molecular weight excluding hydrogens is 356 g/mol. The van der Waals surface area contributed by atoms with Crippen LogP contribution < -0.4 is 10.6 Å². The summed E-state index contributed by atoms with van der Waals surface area (Å²) >= 11 is 0. The first-order valence-corrected chi connectivity index (χ1v) is 9.92. The first-order chi connectivity index (χ1) is 13.5. The lowest BCUT2D eigenvalue weighted by atomic mass is 9.69. The molecule has 7 nitrogen and oxygen atoms in total. The molecule has 7 heteroatoms. The largest absolute Gasteiger partial charge is 0.465 e. The van der Waals surface area contributed by atoms with E-state index in [4.69, 9.17) is 10.2 Å². The van der Waals surface area contributed by atoms with Crippen molar-refractivity contribution in [2.24, 2.45) is 11.1 Å². The number of pyridine rings is 1. The van der Waals surface area contributed by atoms with Crippen molar-refractivity contribution in [3.05, 3.63) is 47.5 Å². The molecule has 150 valence electrons. The minimum Gasteiger partial charge on any atom is -0.465 e. The molecule has 0 bridgehead atoms. The van der Waals surface area contributed by atoms with Crippen LogP contribution in [0.25, 0.3) is 0 Å². The van der Waals surface area contributed by atoms with Crippen LogP contribution in [-0.2, 0) is 6.54 Å². The lowest BCUT2D eigenvalue weighted by Crippen LogP contribution is -2.62. The van der Waals surface area contributed by atoms with Crippen molar-refractivity contribution in [3.63, 3.8) is 0 Å². The number of furan rings is 1. The van der Waals surface area contributed by atoms with Gasteiger partial charge in [-0.25, -0.2) is 4.98 Å². The van der Waals surface area contributed by atoms with Gasteiger partial charge in [-0.3, -0.25) is 9.69 Å². The van der Waals surface area contributed by atoms with Crippen LogP contribution >= 0.6 is 0 Å². The summed E-state index contributed by atoms with van der Waals surface area (Å²) < 4.78 is 5.79. The second-order valence-electron chi connectivity index (χ2n) is 8.07. The summed E-state index contributed by atoms with van der Waals surface area (Å²) in [5.74, 6) is 2.04. The van der Waals surface area contributed by atoms with Gasteiger partial charge in [-0.15, -0.1) is 0 Å². The lowest BCUT2D eigenvalue weighted by Gasteiger charge is -2.54. The zero-order valence-corrected chi connectivity index (χ0v) is 16.3. The highest BCUT2D eigenvalue weighted by atomic mass is 16.3. The second kappa shape index (κ2) is 7.56. The summed E-state index contributed by atoms with van der Waals surface area (Å²) in [6.07, 6.45) is 4.56. The molecule has 4 rings (SSSR count). The zero-order valence-electron chi connectivity index (χ0n) is 16.3. The van der Waals surface area contributed by atoms with Crippen LogP contribution in [-0.4, -0.2) is 53.2 Å². The molecule has 0 saturated carbocycles. The molecule has 0 radical (unpaired) electrons. The second-order valence-corrected chi connectivity index (χ2v) is 8.07. The summed E-state index contributed by atoms with van der Waals surface area (Å²) in [5, 5.41) is 10.4. The van der Waals surface area contributed by atoms with E-state index in [1.165, 1.54) is 0 Å². The zero-order chi connectivity index (χ0) is 19.7. The van der Waals surface area contributed by atoms with Crippen LogP contribution in [0, 0.1) is 12.3 Å². The van der Waals surface area contributed by atoms with Crippen molar-refractivity contribution < 1.29 is 14.3 Å². The number of primary amides is 1. The number of fused-ring (bicyclic) bond motifs is 1. The number of nitrogens with two attached hydrogens (primary N) is 1. The third-order valence-corrected chi connectivity index (χ3v) is 6.27. The summed E-state index contributed by atoms with van der Waals surface area (Å²) in [6, 6.07) is 7.75. The molecule has 0 spiro atoms. The Bertz CT molecular complexity index is 852. The maximum absolute atomic E-state index is 11.8. The van der Waals surface area contributed by atoms with Crippen LogP contribution in [0.2, 0.25) is 0 Å². The van der Waals surface area contributed by atoms with Crippen LogP contribution in [0.1, 0.15) is 41.1 Å². The minimum atomic E-state index is -0.471. The smallest absolute Gasteiger partial charge is 0.252 e. The highest BCUT2D eigenvalue weighted by molar-refractivity contribution is 5.97. The monoisotopic (exact) mass is 384 g/mol. The fraction of sp³-hybridized carbons (Fsp3) is 0.524. The number of aliphatic hydroxyl groups is 1. The van der Waals surface area contributed by atoms with E-state index in [9.17, 15) is 9.90 Å². The normalized spacial score (nSPS) is 25.5. The van der Waals surface area contributed by atoms with Crippen LogP contribution in [0.15, 0.2) is 34.9 Å². The Kier molecular flexibility index (Phi) is 5.12. The third kappa shape index (κ3) is 3.40. The molecule has 2 aliphatic rings. The minimum absolute atomic E-state index is 0.112. The Morgan fingerprint density at radius 2 is 2.25 bits per heavy atom. The van der Waals surface area contributed by atoms with Gasteiger partial charge in [0.2, 0.25) is 0 Å². The summed E-state index contributed by atoms with van der Waals surface area (Å²) in [6.45, 7) is 5.27. The topological polar surface area (TPSA) is 95.8 Å². The number of anilines is 1. The average molecular weight is 384 g/mol. The van der Waals surface area contributed by atoms with E-state index in [0.29, 0.717) is 17.9 Å². The standard InChI is InChI=1S/C21H28N4O3/c1-15-5-6-16(28-15)12-24-10-3-8-21(14-26)13-25(11-7-18(21)24)20-17(19(22)27)4-2-9-23-20/h2,4-6,9,18,26H,3,7-8,10-14H2,1H3,(H2,22,27)/t18-,21-/m0/s1. The number of hydrogen-bond donors (Lipinski definition) is 2. The third-order valence-electron chi connectivity index (χ3n) is 6.27. The van der Waals surface area contributed by atoms with Crippen molar-refractivity contribution in [3.8, 4) is 0 Å². The Morgan fingerprint density at radius 3 is 2.96 bits per heavy atom. The number of aromatic nitrogens is 1. The molecular formula is C21H28N4O3. The van der Waals surface area contributed by atoms with Gasteiger partial charge in [0.1, 0.15) is 17.3 Å². The van der Waals surface area contributed by atoms with Gasteiger partial charge < -0.3 is 20.2 Å². The number of rotatable bonds is 5. The summed E-state index contributed by atoms with van der Waals surface area (Å²) in [4.78, 5) is 20.8. The lowest BCUT2D eigenvalue weighted by molar-refractivity contribution is -0.0424. The van der Waals surface area contributed by atoms with Gasteiger partial charge >= 0.3 is 0 Å². The first-order valence-electron chi connectivity index (χ1n) is 9.92. The fourth-order valence-electron chi connectivity index (χ4n) is 4.97. The number of aliphatic hydroxyl groups excluding tert-OH is 1. The molecule has 28 heavy (non-hydrogen) atoms. The van der Waals surface area contributed by atoms with E-state index in [0.717, 1.165) is 50.4 Å². The molecule has 4 heterocycles. The van der Waals surface area contributed by atoms with Gasteiger partial charge in [0.15, 0.2) is 0 Å². The average Bonchev–Trinajstić information content (AvgIpc) is 3.12. The van der Waals surface area contributed by atoms with Crippen molar-refractivity contribution in [1.82, 2.24) is 9.88 Å². The van der Waals surface area contributed by atoms with Crippen LogP contribution in [0.4, 0.5) is 5.82 Å². The number of piperidine rings is 2. The predicted octanol–water partition coefficient (Wildman–Crippen LogP) is 1.94. The van der Waals surface area contributed by atoms with Gasteiger partial charge in [0.05, 0.1) is 18.7 Å².